The maximum atomic E-state index is 2.32. The fourth-order valence-corrected chi connectivity index (χ4v) is 0.930. The van der Waals surface area contributed by atoms with Crippen LogP contribution in [0.5, 0.6) is 0 Å². The Morgan fingerprint density at radius 1 is 1.17 bits per heavy atom. The molecule has 0 nitrogen and oxygen atoms in total. The molecule has 12 heavy (non-hydrogen) atoms. The quantitative estimate of drug-likeness (QED) is 0.521. The number of hydrogen-bond donors (Lipinski definition) is 0. The van der Waals surface area contributed by atoms with Gasteiger partial charge in [-0.15, -0.1) is 0 Å². The van der Waals surface area contributed by atoms with Gasteiger partial charge in [-0.3, -0.25) is 0 Å². The summed E-state index contributed by atoms with van der Waals surface area (Å²) in [5, 5.41) is 0. The van der Waals surface area contributed by atoms with Crippen LogP contribution in [0.1, 0.15) is 54.9 Å². The Kier molecular flexibility index (Phi) is 19.1. The lowest BCUT2D eigenvalue weighted by Gasteiger charge is -2.01. The van der Waals surface area contributed by atoms with Gasteiger partial charge in [0, 0.05) is 0 Å². The van der Waals surface area contributed by atoms with Crippen LogP contribution in [0, 0.1) is 0 Å². The Bertz CT molecular complexity index is 118. The van der Waals surface area contributed by atoms with E-state index in [0.717, 1.165) is 0 Å². The van der Waals surface area contributed by atoms with Crippen LogP contribution < -0.4 is 0 Å². The van der Waals surface area contributed by atoms with Crippen LogP contribution in [0.15, 0.2) is 23.8 Å². The van der Waals surface area contributed by atoms with E-state index in [4.69, 9.17) is 0 Å². The van der Waals surface area contributed by atoms with Gasteiger partial charge < -0.3 is 0 Å². The second-order valence-corrected chi connectivity index (χ2v) is 2.11. The van der Waals surface area contributed by atoms with E-state index >= 15 is 0 Å². The first-order chi connectivity index (χ1) is 4.93. The predicted molar refractivity (Wildman–Crippen MR) is 61.6 cm³/mol. The van der Waals surface area contributed by atoms with E-state index in [2.05, 4.69) is 25.2 Å². The molecule has 0 bridgehead atoms. The Morgan fingerprint density at radius 3 is 2.00 bits per heavy atom. The number of rotatable bonds is 1. The largest absolute Gasteiger partial charge is 0.0840 e. The lowest BCUT2D eigenvalue weighted by molar-refractivity contribution is 0.984. The van der Waals surface area contributed by atoms with Crippen molar-refractivity contribution in [2.75, 3.05) is 0 Å². The molecule has 1 aliphatic carbocycles. The van der Waals surface area contributed by atoms with E-state index in [9.17, 15) is 0 Å². The van der Waals surface area contributed by atoms with Gasteiger partial charge in [0.15, 0.2) is 0 Å². The average molecular weight is 170 g/mol. The molecule has 0 amide bonds. The molecule has 1 rings (SSSR count). The van der Waals surface area contributed by atoms with Crippen molar-refractivity contribution in [1.82, 2.24) is 0 Å². The first-order valence-corrected chi connectivity index (χ1v) is 4.29. The van der Waals surface area contributed by atoms with E-state index in [-0.39, 0.29) is 14.9 Å². The van der Waals surface area contributed by atoms with E-state index in [1.54, 1.807) is 0 Å². The zero-order chi connectivity index (χ0) is 7.82. The molecule has 0 heteroatoms. The molecular formula is C12H26. The first kappa shape index (κ1) is 17.5. The molecule has 0 N–H and O–H groups in total. The zero-order valence-corrected chi connectivity index (χ0v) is 7.35. The third kappa shape index (κ3) is 7.59. The molecule has 0 radical (unpaired) electrons. The van der Waals surface area contributed by atoms with Gasteiger partial charge in [-0.2, -0.15) is 0 Å². The summed E-state index contributed by atoms with van der Waals surface area (Å²) in [6.45, 7) is 6.20. The summed E-state index contributed by atoms with van der Waals surface area (Å²) in [6.07, 6.45) is 10.5. The van der Waals surface area contributed by atoms with Gasteiger partial charge in [0.2, 0.25) is 0 Å². The smallest absolute Gasteiger partial charge is 0.0310 e. The van der Waals surface area contributed by atoms with E-state index in [1.807, 2.05) is 13.8 Å². The van der Waals surface area contributed by atoms with Crippen molar-refractivity contribution < 1.29 is 0 Å². The maximum absolute atomic E-state index is 2.32. The highest BCUT2D eigenvalue weighted by molar-refractivity contribution is 5.21. The molecule has 0 aromatic rings. The van der Waals surface area contributed by atoms with Gasteiger partial charge >= 0.3 is 0 Å². The van der Waals surface area contributed by atoms with Crippen molar-refractivity contribution in [3.63, 3.8) is 0 Å². The molecule has 0 unspecified atom stereocenters. The average Bonchev–Trinajstić information content (AvgIpc) is 2.10. The summed E-state index contributed by atoms with van der Waals surface area (Å²) in [5.74, 6) is 0. The number of hydrogen-bond acceptors (Lipinski definition) is 0. The van der Waals surface area contributed by atoms with Gasteiger partial charge in [-0.25, -0.2) is 0 Å². The van der Waals surface area contributed by atoms with E-state index in [1.165, 1.54) is 24.8 Å². The van der Waals surface area contributed by atoms with Gasteiger partial charge in [0.25, 0.3) is 0 Å². The SMILES string of the molecule is C.C.CC.CCC1=CCCC=C1. The molecule has 0 atom stereocenters. The van der Waals surface area contributed by atoms with Crippen LogP contribution in [-0.2, 0) is 0 Å². The summed E-state index contributed by atoms with van der Waals surface area (Å²) in [5.41, 5.74) is 1.50. The normalized spacial score (nSPS) is 12.8. The molecule has 0 heterocycles. The summed E-state index contributed by atoms with van der Waals surface area (Å²) in [7, 11) is 0. The van der Waals surface area contributed by atoms with Crippen molar-refractivity contribution in [3.05, 3.63) is 23.8 Å². The highest BCUT2D eigenvalue weighted by Crippen LogP contribution is 2.11. The highest BCUT2D eigenvalue weighted by atomic mass is 14.0. The van der Waals surface area contributed by atoms with Crippen molar-refractivity contribution in [1.29, 1.82) is 0 Å². The lowest BCUT2D eigenvalue weighted by Crippen LogP contribution is -1.80. The van der Waals surface area contributed by atoms with E-state index < -0.39 is 0 Å². The Hall–Kier alpha value is -0.520. The van der Waals surface area contributed by atoms with Crippen LogP contribution in [-0.4, -0.2) is 0 Å². The standard InChI is InChI=1S/C8H12.C2H6.2CH4/c1-2-8-6-4-3-5-7-8;1-2;;/h4,6-7H,2-3,5H2,1H3;1-2H3;2*1H4. The monoisotopic (exact) mass is 170 g/mol. The number of allylic oxidation sites excluding steroid dienone is 4. The van der Waals surface area contributed by atoms with Gasteiger partial charge in [-0.05, 0) is 19.3 Å². The molecule has 0 aromatic heterocycles. The summed E-state index contributed by atoms with van der Waals surface area (Å²) in [6, 6.07) is 0. The minimum Gasteiger partial charge on any atom is -0.0840 e. The fourth-order valence-electron chi connectivity index (χ4n) is 0.930. The van der Waals surface area contributed by atoms with Crippen LogP contribution >= 0.6 is 0 Å². The molecule has 74 valence electrons. The second kappa shape index (κ2) is 13.1. The topological polar surface area (TPSA) is 0 Å². The lowest BCUT2D eigenvalue weighted by atomic mass is 10.1. The Balaban J connectivity index is -0.000000189. The second-order valence-electron chi connectivity index (χ2n) is 2.11. The van der Waals surface area contributed by atoms with Gasteiger partial charge in [0.05, 0.1) is 0 Å². The van der Waals surface area contributed by atoms with Crippen molar-refractivity contribution >= 4 is 0 Å². The van der Waals surface area contributed by atoms with Crippen molar-refractivity contribution in [2.45, 2.75) is 54.9 Å². The molecule has 0 aromatic carbocycles. The molecule has 0 fully saturated rings. The summed E-state index contributed by atoms with van der Waals surface area (Å²) < 4.78 is 0. The first-order valence-electron chi connectivity index (χ1n) is 4.29. The highest BCUT2D eigenvalue weighted by Gasteiger charge is 1.90. The molecular weight excluding hydrogens is 144 g/mol. The molecule has 0 aliphatic heterocycles. The third-order valence-electron chi connectivity index (χ3n) is 1.48. The van der Waals surface area contributed by atoms with Gasteiger partial charge in [-0.1, -0.05) is 59.4 Å². The molecule has 0 saturated heterocycles. The summed E-state index contributed by atoms with van der Waals surface area (Å²) >= 11 is 0. The minimum atomic E-state index is 0. The molecule has 0 spiro atoms. The Labute approximate surface area is 79.4 Å². The van der Waals surface area contributed by atoms with Crippen LogP contribution in [0.2, 0.25) is 0 Å². The minimum absolute atomic E-state index is 0. The van der Waals surface area contributed by atoms with Crippen molar-refractivity contribution in [2.24, 2.45) is 0 Å². The van der Waals surface area contributed by atoms with Crippen LogP contribution in [0.4, 0.5) is 0 Å². The van der Waals surface area contributed by atoms with Crippen molar-refractivity contribution in [3.8, 4) is 0 Å². The van der Waals surface area contributed by atoms with Gasteiger partial charge in [0.1, 0.15) is 0 Å². The van der Waals surface area contributed by atoms with E-state index in [0.29, 0.717) is 0 Å². The van der Waals surface area contributed by atoms with Crippen LogP contribution in [0.25, 0.3) is 0 Å². The predicted octanol–water partition coefficient (Wildman–Crippen LogP) is 4.97. The zero-order valence-electron chi connectivity index (χ0n) is 7.35. The maximum Gasteiger partial charge on any atom is -0.0310 e. The Morgan fingerprint density at radius 2 is 1.75 bits per heavy atom. The molecule has 0 saturated carbocycles. The summed E-state index contributed by atoms with van der Waals surface area (Å²) in [4.78, 5) is 0. The van der Waals surface area contributed by atoms with Crippen LogP contribution in [0.3, 0.4) is 0 Å². The molecule has 1 aliphatic rings. The third-order valence-corrected chi connectivity index (χ3v) is 1.48. The fraction of sp³-hybridized carbons (Fsp3) is 0.667.